The monoisotopic (exact) mass is 404 g/mol. The van der Waals surface area contributed by atoms with Crippen molar-refractivity contribution in [2.75, 3.05) is 0 Å². The summed E-state index contributed by atoms with van der Waals surface area (Å²) in [6, 6.07) is 7.90. The fraction of sp³-hybridized carbons (Fsp3) is 0.333. The lowest BCUT2D eigenvalue weighted by Crippen LogP contribution is -2.02. The first-order valence-electron chi connectivity index (χ1n) is 10.4. The largest absolute Gasteiger partial charge is 0.508 e. The maximum Gasteiger partial charge on any atom is 0.122 e. The van der Waals surface area contributed by atoms with Crippen molar-refractivity contribution < 1.29 is 15.3 Å². The molecule has 0 aliphatic carbocycles. The molecule has 0 saturated carbocycles. The maximum atomic E-state index is 11.1. The number of benzene rings is 3. The Morgan fingerprint density at radius 2 is 1.07 bits per heavy atom. The van der Waals surface area contributed by atoms with E-state index in [4.69, 9.17) is 0 Å². The molecule has 0 aliphatic heterocycles. The molecule has 0 aromatic heterocycles. The minimum absolute atomic E-state index is 0.280. The Balaban J connectivity index is 2.07. The van der Waals surface area contributed by atoms with Gasteiger partial charge in [0.25, 0.3) is 0 Å². The van der Waals surface area contributed by atoms with Crippen molar-refractivity contribution in [3.05, 3.63) is 85.5 Å². The molecule has 3 N–H and O–H groups in total. The molecule has 0 spiro atoms. The Kier molecular flexibility index (Phi) is 5.85. The summed E-state index contributed by atoms with van der Waals surface area (Å²) in [6.45, 7) is 13.9. The van der Waals surface area contributed by atoms with Gasteiger partial charge in [-0.1, -0.05) is 23.8 Å². The third-order valence-electron chi connectivity index (χ3n) is 6.52. The first-order chi connectivity index (χ1) is 14.0. The number of aryl methyl sites for hydroxylation is 4. The van der Waals surface area contributed by atoms with E-state index in [9.17, 15) is 15.3 Å². The predicted molar refractivity (Wildman–Crippen MR) is 123 cm³/mol. The van der Waals surface area contributed by atoms with Gasteiger partial charge in [0.1, 0.15) is 17.2 Å². The van der Waals surface area contributed by atoms with Crippen LogP contribution in [0.15, 0.2) is 24.3 Å². The van der Waals surface area contributed by atoms with E-state index < -0.39 is 0 Å². The quantitative estimate of drug-likeness (QED) is 0.489. The van der Waals surface area contributed by atoms with Crippen LogP contribution in [0.3, 0.4) is 0 Å². The highest BCUT2D eigenvalue weighted by atomic mass is 16.3. The van der Waals surface area contributed by atoms with Gasteiger partial charge < -0.3 is 15.3 Å². The summed E-state index contributed by atoms with van der Waals surface area (Å²) in [7, 11) is 0. The predicted octanol–water partition coefficient (Wildman–Crippen LogP) is 6.14. The third kappa shape index (κ3) is 3.89. The molecular weight excluding hydrogens is 372 g/mol. The summed E-state index contributed by atoms with van der Waals surface area (Å²) >= 11 is 0. The summed E-state index contributed by atoms with van der Waals surface area (Å²) in [5, 5.41) is 31.9. The third-order valence-corrected chi connectivity index (χ3v) is 6.52. The first kappa shape index (κ1) is 21.8. The zero-order valence-electron chi connectivity index (χ0n) is 19.1. The lowest BCUT2D eigenvalue weighted by atomic mass is 9.89. The molecule has 0 heterocycles. The van der Waals surface area contributed by atoms with Crippen molar-refractivity contribution in [3.63, 3.8) is 0 Å². The number of rotatable bonds is 4. The Morgan fingerprint density at radius 1 is 0.533 bits per heavy atom. The molecule has 158 valence electrons. The smallest absolute Gasteiger partial charge is 0.122 e. The maximum absolute atomic E-state index is 11.1. The van der Waals surface area contributed by atoms with Crippen LogP contribution in [-0.4, -0.2) is 15.3 Å². The van der Waals surface area contributed by atoms with Crippen LogP contribution in [0, 0.1) is 48.5 Å². The van der Waals surface area contributed by atoms with Crippen LogP contribution >= 0.6 is 0 Å². The van der Waals surface area contributed by atoms with Gasteiger partial charge in [0.05, 0.1) is 0 Å². The van der Waals surface area contributed by atoms with Crippen molar-refractivity contribution in [3.8, 4) is 17.2 Å². The van der Waals surface area contributed by atoms with E-state index in [1.807, 2.05) is 60.6 Å². The Morgan fingerprint density at radius 3 is 1.67 bits per heavy atom. The molecule has 0 unspecified atom stereocenters. The molecule has 0 aliphatic rings. The van der Waals surface area contributed by atoms with E-state index in [0.29, 0.717) is 24.3 Å². The number of aromatic hydroxyl groups is 3. The molecule has 3 aromatic carbocycles. The lowest BCUT2D eigenvalue weighted by Gasteiger charge is -2.18. The Hall–Kier alpha value is -2.94. The molecule has 3 nitrogen and oxygen atoms in total. The molecule has 3 heteroatoms. The molecule has 0 bridgehead atoms. The van der Waals surface area contributed by atoms with Gasteiger partial charge >= 0.3 is 0 Å². The minimum Gasteiger partial charge on any atom is -0.508 e. The van der Waals surface area contributed by atoms with Crippen LogP contribution in [0.5, 0.6) is 17.2 Å². The molecule has 0 radical (unpaired) electrons. The molecule has 0 fully saturated rings. The minimum atomic E-state index is 0.280. The van der Waals surface area contributed by atoms with E-state index in [-0.39, 0.29) is 5.75 Å². The van der Waals surface area contributed by atoms with E-state index in [1.165, 1.54) is 0 Å². The highest BCUT2D eigenvalue weighted by Crippen LogP contribution is 2.36. The number of hydrogen-bond donors (Lipinski definition) is 3. The number of phenolic OH excluding ortho intramolecular Hbond substituents is 3. The fourth-order valence-electron chi connectivity index (χ4n) is 4.31. The van der Waals surface area contributed by atoms with Crippen LogP contribution < -0.4 is 0 Å². The summed E-state index contributed by atoms with van der Waals surface area (Å²) in [4.78, 5) is 0. The first-order valence-corrected chi connectivity index (χ1v) is 10.4. The summed E-state index contributed by atoms with van der Waals surface area (Å²) in [6.07, 6.45) is 1.07. The van der Waals surface area contributed by atoms with Crippen LogP contribution in [0.1, 0.15) is 61.2 Å². The van der Waals surface area contributed by atoms with Gasteiger partial charge in [0, 0.05) is 18.4 Å². The van der Waals surface area contributed by atoms with Crippen LogP contribution in [0.25, 0.3) is 0 Å². The highest BCUT2D eigenvalue weighted by Gasteiger charge is 2.17. The van der Waals surface area contributed by atoms with Crippen LogP contribution in [0.4, 0.5) is 0 Å². The molecule has 0 saturated heterocycles. The van der Waals surface area contributed by atoms with Gasteiger partial charge in [0.2, 0.25) is 0 Å². The molecule has 0 atom stereocenters. The van der Waals surface area contributed by atoms with Crippen LogP contribution in [-0.2, 0) is 12.8 Å². The Bertz CT molecular complexity index is 1050. The van der Waals surface area contributed by atoms with Crippen molar-refractivity contribution in [1.29, 1.82) is 0 Å². The van der Waals surface area contributed by atoms with Crippen molar-refractivity contribution in [2.45, 2.75) is 61.3 Å². The van der Waals surface area contributed by atoms with Gasteiger partial charge in [-0.15, -0.1) is 0 Å². The second-order valence-electron chi connectivity index (χ2n) is 8.69. The van der Waals surface area contributed by atoms with E-state index in [1.54, 1.807) is 6.07 Å². The second kappa shape index (κ2) is 8.06. The zero-order valence-corrected chi connectivity index (χ0v) is 19.1. The normalized spacial score (nSPS) is 11.2. The average Bonchev–Trinajstić information content (AvgIpc) is 2.68. The van der Waals surface area contributed by atoms with E-state index >= 15 is 0 Å². The summed E-state index contributed by atoms with van der Waals surface area (Å²) < 4.78 is 0. The molecule has 0 amide bonds. The average molecular weight is 405 g/mol. The number of hydrogen-bond acceptors (Lipinski definition) is 3. The Labute approximate surface area is 179 Å². The van der Waals surface area contributed by atoms with Crippen molar-refractivity contribution in [2.24, 2.45) is 0 Å². The van der Waals surface area contributed by atoms with Gasteiger partial charge in [-0.2, -0.15) is 0 Å². The van der Waals surface area contributed by atoms with Gasteiger partial charge in [-0.25, -0.2) is 0 Å². The van der Waals surface area contributed by atoms with E-state index in [0.717, 1.165) is 61.2 Å². The van der Waals surface area contributed by atoms with Crippen molar-refractivity contribution >= 4 is 0 Å². The second-order valence-corrected chi connectivity index (χ2v) is 8.69. The molecule has 30 heavy (non-hydrogen) atoms. The summed E-state index contributed by atoms with van der Waals surface area (Å²) in [5.74, 6) is 0.904. The van der Waals surface area contributed by atoms with Gasteiger partial charge in [-0.05, 0) is 105 Å². The van der Waals surface area contributed by atoms with Gasteiger partial charge in [-0.3, -0.25) is 0 Å². The SMILES string of the molecule is Cc1cc(Cc2c(C)cc(O)c(C)c2C)c(O)c(Cc2c(C)cc(C)c(C)c2O)c1. The summed E-state index contributed by atoms with van der Waals surface area (Å²) in [5.41, 5.74) is 10.7. The molecular formula is C27H32O3. The number of phenols is 3. The fourth-order valence-corrected chi connectivity index (χ4v) is 4.31. The highest BCUT2D eigenvalue weighted by molar-refractivity contribution is 5.55. The van der Waals surface area contributed by atoms with Crippen molar-refractivity contribution in [1.82, 2.24) is 0 Å². The molecule has 3 rings (SSSR count). The van der Waals surface area contributed by atoms with Crippen LogP contribution in [0.2, 0.25) is 0 Å². The van der Waals surface area contributed by atoms with E-state index in [2.05, 4.69) is 6.07 Å². The zero-order chi connectivity index (χ0) is 22.3. The van der Waals surface area contributed by atoms with Gasteiger partial charge in [0.15, 0.2) is 0 Å². The molecule has 3 aromatic rings. The standard InChI is InChI=1S/C27H32O3/c1-14-8-21(12-23-17(4)11-25(28)20(7)19(23)6)27(30)22(9-14)13-24-16(3)10-15(2)18(5)26(24)29/h8-11,28-30H,12-13H2,1-7H3. The topological polar surface area (TPSA) is 60.7 Å². The lowest BCUT2D eigenvalue weighted by molar-refractivity contribution is 0.457.